The van der Waals surface area contributed by atoms with Gasteiger partial charge in [-0.2, -0.15) is 0 Å². The van der Waals surface area contributed by atoms with E-state index in [1.165, 1.54) is 7.05 Å². The third kappa shape index (κ3) is 2.86. The van der Waals surface area contributed by atoms with Gasteiger partial charge < -0.3 is 5.73 Å². The Balaban J connectivity index is 2.74. The molecule has 2 N–H and O–H groups in total. The monoisotopic (exact) mass is 189 g/mol. The van der Waals surface area contributed by atoms with Crippen LogP contribution in [0.15, 0.2) is 9.98 Å². The lowest BCUT2D eigenvalue weighted by atomic mass is 9.87. The van der Waals surface area contributed by atoms with Crippen LogP contribution in [0.2, 0.25) is 0 Å². The smallest absolute Gasteiger partial charge is 0.251 e. The minimum absolute atomic E-state index is 0.0925. The summed E-state index contributed by atoms with van der Waals surface area (Å²) in [6.07, 6.45) is 0.386. The van der Waals surface area contributed by atoms with Crippen molar-refractivity contribution in [3.63, 3.8) is 0 Å². The lowest BCUT2D eigenvalue weighted by molar-refractivity contribution is -0.0574. The molecule has 0 radical (unpaired) electrons. The van der Waals surface area contributed by atoms with Gasteiger partial charge in [-0.05, 0) is 12.8 Å². The standard InChI is InChI=1S/C8H13F2N3/c1-12-6-13-8(11)4-2-3-7(9,10)5-8/h2-5,11H2,1H3. The summed E-state index contributed by atoms with van der Waals surface area (Å²) in [6.45, 7) is 0. The van der Waals surface area contributed by atoms with E-state index < -0.39 is 18.0 Å². The van der Waals surface area contributed by atoms with Gasteiger partial charge in [0.1, 0.15) is 5.66 Å². The minimum atomic E-state index is -2.69. The zero-order valence-corrected chi connectivity index (χ0v) is 7.56. The molecule has 0 aromatic heterocycles. The highest BCUT2D eigenvalue weighted by atomic mass is 19.3. The van der Waals surface area contributed by atoms with E-state index in [2.05, 4.69) is 16.0 Å². The first-order valence-electron chi connectivity index (χ1n) is 4.20. The third-order valence-corrected chi connectivity index (χ3v) is 2.09. The average molecular weight is 189 g/mol. The summed E-state index contributed by atoms with van der Waals surface area (Å²) in [5, 5.41) is 0. The van der Waals surface area contributed by atoms with E-state index in [0.29, 0.717) is 12.8 Å². The quantitative estimate of drug-likeness (QED) is 0.626. The van der Waals surface area contributed by atoms with Crippen LogP contribution in [0.25, 0.3) is 0 Å². The Labute approximate surface area is 75.7 Å². The molecular weight excluding hydrogens is 176 g/mol. The highest BCUT2D eigenvalue weighted by Crippen LogP contribution is 2.38. The third-order valence-electron chi connectivity index (χ3n) is 2.09. The molecule has 1 aliphatic rings. The molecule has 1 atom stereocenters. The van der Waals surface area contributed by atoms with Crippen molar-refractivity contribution in [1.29, 1.82) is 0 Å². The van der Waals surface area contributed by atoms with Crippen molar-refractivity contribution in [2.75, 3.05) is 7.05 Å². The van der Waals surface area contributed by atoms with Crippen molar-refractivity contribution < 1.29 is 8.78 Å². The second-order valence-electron chi connectivity index (χ2n) is 3.43. The molecule has 0 aromatic carbocycles. The van der Waals surface area contributed by atoms with E-state index in [4.69, 9.17) is 5.73 Å². The maximum absolute atomic E-state index is 12.9. The van der Waals surface area contributed by atoms with Gasteiger partial charge >= 0.3 is 0 Å². The first-order valence-corrected chi connectivity index (χ1v) is 4.20. The Morgan fingerprint density at radius 3 is 2.62 bits per heavy atom. The topological polar surface area (TPSA) is 50.7 Å². The lowest BCUT2D eigenvalue weighted by Crippen LogP contribution is -2.46. The minimum Gasteiger partial charge on any atom is -0.306 e. The predicted octanol–water partition coefficient (Wildman–Crippen LogP) is 1.65. The van der Waals surface area contributed by atoms with Crippen LogP contribution >= 0.6 is 0 Å². The summed E-state index contributed by atoms with van der Waals surface area (Å²) < 4.78 is 25.9. The number of nitrogens with zero attached hydrogens (tertiary/aromatic N) is 2. The van der Waals surface area contributed by atoms with Gasteiger partial charge in [0.05, 0.1) is 12.4 Å². The van der Waals surface area contributed by atoms with Crippen LogP contribution in [0.5, 0.6) is 0 Å². The van der Waals surface area contributed by atoms with Gasteiger partial charge in [-0.3, -0.25) is 0 Å². The van der Waals surface area contributed by atoms with Crippen LogP contribution in [-0.4, -0.2) is 24.6 Å². The molecular formula is C8H13F2N3. The van der Waals surface area contributed by atoms with Crippen molar-refractivity contribution in [2.45, 2.75) is 37.3 Å². The molecule has 1 aliphatic carbocycles. The van der Waals surface area contributed by atoms with Crippen LogP contribution in [0.4, 0.5) is 8.78 Å². The zero-order chi connectivity index (χ0) is 9.95. The Morgan fingerprint density at radius 1 is 1.38 bits per heavy atom. The lowest BCUT2D eigenvalue weighted by Gasteiger charge is -2.33. The second-order valence-corrected chi connectivity index (χ2v) is 3.43. The fourth-order valence-corrected chi connectivity index (χ4v) is 1.52. The maximum atomic E-state index is 12.9. The van der Waals surface area contributed by atoms with Crippen LogP contribution in [0.3, 0.4) is 0 Å². The van der Waals surface area contributed by atoms with Gasteiger partial charge in [0.2, 0.25) is 0 Å². The van der Waals surface area contributed by atoms with Gasteiger partial charge in [0, 0.05) is 13.5 Å². The number of nitrogens with two attached hydrogens (primary N) is 1. The SMILES string of the molecule is CN=C=NC1(N)CCCC(F)(F)C1. The van der Waals surface area contributed by atoms with Crippen molar-refractivity contribution in [2.24, 2.45) is 15.7 Å². The van der Waals surface area contributed by atoms with Gasteiger partial charge in [0.15, 0.2) is 0 Å². The molecule has 13 heavy (non-hydrogen) atoms. The molecule has 0 aliphatic heterocycles. The molecule has 0 saturated heterocycles. The number of alkyl halides is 2. The summed E-state index contributed by atoms with van der Waals surface area (Å²) in [5.41, 5.74) is 4.49. The van der Waals surface area contributed by atoms with Crippen LogP contribution in [0, 0.1) is 0 Å². The summed E-state index contributed by atoms with van der Waals surface area (Å²) in [4.78, 5) is 7.19. The summed E-state index contributed by atoms with van der Waals surface area (Å²) in [5.74, 6) is -2.69. The predicted molar refractivity (Wildman–Crippen MR) is 46.1 cm³/mol. The normalized spacial score (nSPS) is 32.0. The molecule has 0 heterocycles. The zero-order valence-electron chi connectivity index (χ0n) is 7.56. The molecule has 3 nitrogen and oxygen atoms in total. The maximum Gasteiger partial charge on any atom is 0.251 e. The Hall–Kier alpha value is -0.800. The van der Waals surface area contributed by atoms with Crippen LogP contribution in [-0.2, 0) is 0 Å². The fraction of sp³-hybridized carbons (Fsp3) is 0.875. The molecule has 0 amide bonds. The number of aliphatic imine (C=N–C) groups is 2. The van der Waals surface area contributed by atoms with E-state index in [1.54, 1.807) is 0 Å². The van der Waals surface area contributed by atoms with Crippen molar-refractivity contribution >= 4 is 6.01 Å². The van der Waals surface area contributed by atoms with Crippen molar-refractivity contribution in [3.8, 4) is 0 Å². The van der Waals surface area contributed by atoms with Crippen LogP contribution in [0.1, 0.15) is 25.7 Å². The Kier molecular flexibility index (Phi) is 2.78. The highest BCUT2D eigenvalue weighted by Gasteiger charge is 2.43. The first-order chi connectivity index (χ1) is 5.97. The first kappa shape index (κ1) is 10.3. The molecule has 1 unspecified atom stereocenters. The van der Waals surface area contributed by atoms with Gasteiger partial charge in [-0.25, -0.2) is 18.8 Å². The molecule has 1 saturated carbocycles. The van der Waals surface area contributed by atoms with E-state index in [-0.39, 0.29) is 6.42 Å². The summed E-state index contributed by atoms with van der Waals surface area (Å²) in [6, 6.07) is 2.29. The summed E-state index contributed by atoms with van der Waals surface area (Å²) in [7, 11) is 1.48. The van der Waals surface area contributed by atoms with E-state index in [1.807, 2.05) is 0 Å². The van der Waals surface area contributed by atoms with Crippen molar-refractivity contribution in [3.05, 3.63) is 0 Å². The molecule has 0 aromatic rings. The second kappa shape index (κ2) is 3.52. The Morgan fingerprint density at radius 2 is 2.08 bits per heavy atom. The number of hydrogen-bond acceptors (Lipinski definition) is 3. The van der Waals surface area contributed by atoms with E-state index >= 15 is 0 Å². The van der Waals surface area contributed by atoms with Gasteiger partial charge in [-0.15, -0.1) is 0 Å². The average Bonchev–Trinajstić information content (AvgIpc) is 1.98. The molecule has 5 heteroatoms. The van der Waals surface area contributed by atoms with E-state index in [9.17, 15) is 8.78 Å². The van der Waals surface area contributed by atoms with E-state index in [0.717, 1.165) is 0 Å². The summed E-state index contributed by atoms with van der Waals surface area (Å²) >= 11 is 0. The van der Waals surface area contributed by atoms with Gasteiger partial charge in [-0.1, -0.05) is 0 Å². The molecule has 1 rings (SSSR count). The largest absolute Gasteiger partial charge is 0.306 e. The Bertz CT molecular complexity index is 246. The fourth-order valence-electron chi connectivity index (χ4n) is 1.52. The van der Waals surface area contributed by atoms with Crippen molar-refractivity contribution in [1.82, 2.24) is 0 Å². The molecule has 0 bridgehead atoms. The van der Waals surface area contributed by atoms with Crippen LogP contribution < -0.4 is 5.73 Å². The molecule has 0 spiro atoms. The highest BCUT2D eigenvalue weighted by molar-refractivity contribution is 5.42. The number of halogens is 2. The van der Waals surface area contributed by atoms with Gasteiger partial charge in [0.25, 0.3) is 5.92 Å². The molecule has 74 valence electrons. The number of rotatable bonds is 1. The number of hydrogen-bond donors (Lipinski definition) is 1. The molecule has 1 fully saturated rings.